The number of nitrogens with two attached hydrogens (primary N) is 2. The van der Waals surface area contributed by atoms with Gasteiger partial charge in [0.1, 0.15) is 0 Å². The number of primary amides is 2. The number of aryl methyl sites for hydroxylation is 3. The zero-order valence-corrected chi connectivity index (χ0v) is 25.7. The minimum atomic E-state index is -1.25. The smallest absolute Gasteiger partial charge is 0.336 e. The zero-order chi connectivity index (χ0) is 33.7. The molecule has 7 rings (SSSR count). The number of rotatable bonds is 10. The Kier molecular flexibility index (Phi) is 7.48. The molecule has 0 saturated carbocycles. The average Bonchev–Trinajstić information content (AvgIpc) is 3.08. The van der Waals surface area contributed by atoms with Crippen molar-refractivity contribution in [3.05, 3.63) is 142 Å². The van der Waals surface area contributed by atoms with Crippen molar-refractivity contribution in [1.29, 1.82) is 0 Å². The van der Waals surface area contributed by atoms with Crippen molar-refractivity contribution in [2.45, 2.75) is 25.7 Å². The van der Waals surface area contributed by atoms with Crippen LogP contribution in [-0.2, 0) is 25.7 Å². The monoisotopic (exact) mass is 634 g/mol. The predicted molar refractivity (Wildman–Crippen MR) is 186 cm³/mol. The van der Waals surface area contributed by atoms with E-state index in [0.717, 1.165) is 16.7 Å². The first-order valence-electron chi connectivity index (χ1n) is 15.6. The number of carboxylic acid groups (broad SMARTS) is 2. The molecule has 0 fully saturated rings. The van der Waals surface area contributed by atoms with E-state index >= 15 is 0 Å². The second-order valence-electron chi connectivity index (χ2n) is 12.0. The van der Waals surface area contributed by atoms with Gasteiger partial charge < -0.3 is 21.7 Å². The Balaban J connectivity index is 1.71. The summed E-state index contributed by atoms with van der Waals surface area (Å²) in [5.74, 6) is -3.92. The molecule has 0 saturated heterocycles. The molecule has 236 valence electrons. The van der Waals surface area contributed by atoms with E-state index in [1.807, 2.05) is 60.7 Å². The van der Waals surface area contributed by atoms with Crippen molar-refractivity contribution in [1.82, 2.24) is 0 Å². The number of hydrogen-bond donors (Lipinski definition) is 4. The zero-order valence-electron chi connectivity index (χ0n) is 25.7. The Morgan fingerprint density at radius 3 is 1.42 bits per heavy atom. The summed E-state index contributed by atoms with van der Waals surface area (Å²) in [5.41, 5.74) is 15.9. The normalized spacial score (nSPS) is 11.5. The van der Waals surface area contributed by atoms with Crippen molar-refractivity contribution >= 4 is 66.8 Å². The lowest BCUT2D eigenvalue weighted by Crippen LogP contribution is -2.20. The number of benzene rings is 7. The first kappa shape index (κ1) is 30.4. The van der Waals surface area contributed by atoms with Gasteiger partial charge >= 0.3 is 11.9 Å². The highest BCUT2D eigenvalue weighted by Gasteiger charge is 2.29. The lowest BCUT2D eigenvalue weighted by atomic mass is 9.78. The summed E-state index contributed by atoms with van der Waals surface area (Å²) >= 11 is 0. The number of carboxylic acids is 2. The number of amides is 2. The average molecular weight is 635 g/mol. The molecule has 0 atom stereocenters. The number of hydrogen-bond acceptors (Lipinski definition) is 4. The first-order chi connectivity index (χ1) is 23.2. The fraction of sp³-hybridized carbons (Fsp3) is 0.100. The first-order valence-corrected chi connectivity index (χ1v) is 15.6. The molecule has 0 radical (unpaired) electrons. The Morgan fingerprint density at radius 1 is 0.438 bits per heavy atom. The van der Waals surface area contributed by atoms with Crippen LogP contribution >= 0.6 is 0 Å². The van der Waals surface area contributed by atoms with Gasteiger partial charge in [0.2, 0.25) is 11.8 Å². The van der Waals surface area contributed by atoms with Gasteiger partial charge in [-0.1, -0.05) is 78.9 Å². The van der Waals surface area contributed by atoms with Crippen LogP contribution in [0.15, 0.2) is 97.1 Å². The van der Waals surface area contributed by atoms with Crippen LogP contribution in [0.5, 0.6) is 0 Å². The molecule has 0 heterocycles. The molecule has 8 nitrogen and oxygen atoms in total. The quantitative estimate of drug-likeness (QED) is 0.0945. The lowest BCUT2D eigenvalue weighted by Gasteiger charge is -2.25. The summed E-state index contributed by atoms with van der Waals surface area (Å²) in [6, 6.07) is 29.2. The second kappa shape index (κ2) is 11.8. The number of fused-ring (bicyclic) bond motifs is 2. The van der Waals surface area contributed by atoms with Gasteiger partial charge in [-0.3, -0.25) is 9.59 Å². The molecule has 48 heavy (non-hydrogen) atoms. The van der Waals surface area contributed by atoms with E-state index in [-0.39, 0.29) is 27.6 Å². The fourth-order valence-electron chi connectivity index (χ4n) is 7.39. The van der Waals surface area contributed by atoms with Gasteiger partial charge in [-0.2, -0.15) is 0 Å². The number of carbonyl (C=O) groups is 4. The van der Waals surface area contributed by atoms with E-state index in [0.29, 0.717) is 69.0 Å². The summed E-state index contributed by atoms with van der Waals surface area (Å²) < 4.78 is 0. The molecule has 0 unspecified atom stereocenters. The van der Waals surface area contributed by atoms with Gasteiger partial charge in [0.25, 0.3) is 0 Å². The Labute approximate surface area is 274 Å². The van der Waals surface area contributed by atoms with Crippen molar-refractivity contribution < 1.29 is 29.4 Å². The SMILES string of the molecule is NC(=O)c1ccc2c3ccc(C(=O)O)c4c(C(=O)O)ccc(c5c(CCc6ccccc6)c(CCc6ccccc6)c(C(N)=O)c1c25)c43. The Morgan fingerprint density at radius 2 is 0.917 bits per heavy atom. The van der Waals surface area contributed by atoms with Gasteiger partial charge in [0.15, 0.2) is 0 Å². The van der Waals surface area contributed by atoms with Crippen molar-refractivity contribution in [2.24, 2.45) is 11.5 Å². The van der Waals surface area contributed by atoms with Gasteiger partial charge in [0, 0.05) is 16.3 Å². The van der Waals surface area contributed by atoms with Gasteiger partial charge in [-0.25, -0.2) is 9.59 Å². The molecule has 2 amide bonds. The Hall–Kier alpha value is -6.28. The molecular weight excluding hydrogens is 604 g/mol. The molecule has 0 spiro atoms. The van der Waals surface area contributed by atoms with E-state index < -0.39 is 23.8 Å². The maximum Gasteiger partial charge on any atom is 0.336 e. The summed E-state index contributed by atoms with van der Waals surface area (Å²) in [6.07, 6.45) is 2.08. The molecule has 0 aliphatic carbocycles. The van der Waals surface area contributed by atoms with Gasteiger partial charge in [-0.05, 0) is 98.5 Å². The molecule has 0 aliphatic rings. The van der Waals surface area contributed by atoms with Crippen LogP contribution in [0.2, 0.25) is 0 Å². The maximum atomic E-state index is 13.6. The van der Waals surface area contributed by atoms with Crippen LogP contribution in [0.4, 0.5) is 0 Å². The third-order valence-corrected chi connectivity index (χ3v) is 9.38. The van der Waals surface area contributed by atoms with Crippen LogP contribution in [0, 0.1) is 0 Å². The van der Waals surface area contributed by atoms with Crippen LogP contribution in [0.1, 0.15) is 63.7 Å². The maximum absolute atomic E-state index is 13.6. The van der Waals surface area contributed by atoms with Gasteiger partial charge in [-0.15, -0.1) is 0 Å². The largest absolute Gasteiger partial charge is 0.478 e. The molecule has 7 aromatic rings. The van der Waals surface area contributed by atoms with Gasteiger partial charge in [0.05, 0.1) is 16.7 Å². The third kappa shape index (κ3) is 4.86. The standard InChI is InChI=1S/C40H30N2O6/c41-37(43)28-18-15-25-24-16-19-29(39(45)46)33-30(40(47)48)20-17-27(31(24)33)32-23(13-11-21-7-3-1-4-8-21)26(14-12-22-9-5-2-6-10-22)36(38(42)44)35(28)34(25)32/h1-10,15-20H,11-14H2,(H2,41,43)(H2,42,44)(H,45,46)(H,47,48). The van der Waals surface area contributed by atoms with Crippen LogP contribution in [-0.4, -0.2) is 34.0 Å². The van der Waals surface area contributed by atoms with Crippen molar-refractivity contribution in [3.8, 4) is 0 Å². The highest BCUT2D eigenvalue weighted by Crippen LogP contribution is 2.47. The van der Waals surface area contributed by atoms with E-state index in [9.17, 15) is 29.4 Å². The molecule has 0 aromatic heterocycles. The molecule has 0 bridgehead atoms. The molecular formula is C40H30N2O6. The molecule has 8 heteroatoms. The minimum absolute atomic E-state index is 0.113. The summed E-state index contributed by atoms with van der Waals surface area (Å²) in [5, 5.41) is 24.5. The fourth-order valence-corrected chi connectivity index (χ4v) is 7.39. The highest BCUT2D eigenvalue weighted by molar-refractivity contribution is 6.39. The Bertz CT molecular complexity index is 2430. The van der Waals surface area contributed by atoms with Crippen LogP contribution in [0.3, 0.4) is 0 Å². The predicted octanol–water partition coefficient (Wildman–Crippen LogP) is 6.90. The van der Waals surface area contributed by atoms with E-state index in [1.54, 1.807) is 24.3 Å². The van der Waals surface area contributed by atoms with E-state index in [4.69, 9.17) is 11.5 Å². The summed E-state index contributed by atoms with van der Waals surface area (Å²) in [4.78, 5) is 51.6. The van der Waals surface area contributed by atoms with Crippen molar-refractivity contribution in [2.75, 3.05) is 0 Å². The van der Waals surface area contributed by atoms with Crippen LogP contribution in [0.25, 0.3) is 43.1 Å². The van der Waals surface area contributed by atoms with E-state index in [2.05, 4.69) is 0 Å². The minimum Gasteiger partial charge on any atom is -0.478 e. The number of carbonyl (C=O) groups excluding carboxylic acids is 2. The lowest BCUT2D eigenvalue weighted by molar-refractivity contribution is 0.0695. The van der Waals surface area contributed by atoms with E-state index in [1.165, 1.54) is 12.1 Å². The molecule has 0 aliphatic heterocycles. The summed E-state index contributed by atoms with van der Waals surface area (Å²) in [6.45, 7) is 0. The molecule has 7 aromatic carbocycles. The second-order valence-corrected chi connectivity index (χ2v) is 12.0. The number of aromatic carboxylic acids is 2. The topological polar surface area (TPSA) is 161 Å². The molecule has 6 N–H and O–H groups in total. The summed E-state index contributed by atoms with van der Waals surface area (Å²) in [7, 11) is 0. The highest BCUT2D eigenvalue weighted by atomic mass is 16.4. The van der Waals surface area contributed by atoms with Crippen molar-refractivity contribution in [3.63, 3.8) is 0 Å². The third-order valence-electron chi connectivity index (χ3n) is 9.38. The van der Waals surface area contributed by atoms with Crippen LogP contribution < -0.4 is 11.5 Å².